The molecule has 1 aromatic carbocycles. The summed E-state index contributed by atoms with van der Waals surface area (Å²) in [7, 11) is 1.36. The van der Waals surface area contributed by atoms with Gasteiger partial charge < -0.3 is 9.84 Å². The molecule has 0 aliphatic rings. The maximum Gasteiger partial charge on any atom is 0.337 e. The summed E-state index contributed by atoms with van der Waals surface area (Å²) in [6, 6.07) is 6.99. The van der Waals surface area contributed by atoms with Crippen LogP contribution in [-0.4, -0.2) is 24.8 Å². The van der Waals surface area contributed by atoms with Crippen LogP contribution in [0, 0.1) is 11.8 Å². The van der Waals surface area contributed by atoms with Crippen LogP contribution in [-0.2, 0) is 4.74 Å². The average Bonchev–Trinajstić information content (AvgIpc) is 2.38. The first-order valence-electron chi connectivity index (χ1n) is 5.56. The van der Waals surface area contributed by atoms with E-state index in [9.17, 15) is 4.79 Å². The molecular formula is C14H16O3. The van der Waals surface area contributed by atoms with E-state index in [4.69, 9.17) is 5.11 Å². The molecule has 0 aromatic heterocycles. The van der Waals surface area contributed by atoms with Crippen molar-refractivity contribution in [2.75, 3.05) is 13.7 Å². The fourth-order valence-electron chi connectivity index (χ4n) is 1.30. The van der Waals surface area contributed by atoms with Gasteiger partial charge in [0.05, 0.1) is 12.7 Å². The van der Waals surface area contributed by atoms with Gasteiger partial charge in [-0.15, -0.1) is 0 Å². The molecule has 3 nitrogen and oxygen atoms in total. The number of methoxy groups -OCH3 is 1. The van der Waals surface area contributed by atoms with E-state index < -0.39 is 0 Å². The molecule has 0 atom stereocenters. The van der Waals surface area contributed by atoms with Crippen molar-refractivity contribution in [2.45, 2.75) is 19.3 Å². The second-order valence-electron chi connectivity index (χ2n) is 3.55. The smallest absolute Gasteiger partial charge is 0.337 e. The lowest BCUT2D eigenvalue weighted by molar-refractivity contribution is 0.0600. The Labute approximate surface area is 101 Å². The minimum atomic E-state index is -0.340. The molecule has 0 fully saturated rings. The second kappa shape index (κ2) is 7.48. The van der Waals surface area contributed by atoms with Crippen molar-refractivity contribution in [1.29, 1.82) is 0 Å². The zero-order valence-electron chi connectivity index (χ0n) is 9.90. The first-order valence-corrected chi connectivity index (χ1v) is 5.56. The third-order valence-corrected chi connectivity index (χ3v) is 2.25. The lowest BCUT2D eigenvalue weighted by Crippen LogP contribution is -2.00. The number of ether oxygens (including phenoxy) is 1. The second-order valence-corrected chi connectivity index (χ2v) is 3.55. The van der Waals surface area contributed by atoms with Crippen molar-refractivity contribution in [3.8, 4) is 11.8 Å². The Hall–Kier alpha value is -1.79. The van der Waals surface area contributed by atoms with E-state index in [1.165, 1.54) is 7.11 Å². The highest BCUT2D eigenvalue weighted by atomic mass is 16.5. The van der Waals surface area contributed by atoms with Crippen LogP contribution in [0.5, 0.6) is 0 Å². The molecule has 0 saturated carbocycles. The van der Waals surface area contributed by atoms with Crippen LogP contribution in [0.2, 0.25) is 0 Å². The monoisotopic (exact) mass is 232 g/mol. The number of benzene rings is 1. The zero-order valence-corrected chi connectivity index (χ0v) is 9.90. The number of carbonyl (C=O) groups excluding carboxylic acids is 1. The van der Waals surface area contributed by atoms with E-state index in [2.05, 4.69) is 16.6 Å². The number of aliphatic hydroxyl groups is 1. The predicted molar refractivity (Wildman–Crippen MR) is 65.6 cm³/mol. The molecule has 0 radical (unpaired) electrons. The van der Waals surface area contributed by atoms with E-state index in [1.54, 1.807) is 24.3 Å². The van der Waals surface area contributed by atoms with Gasteiger partial charge >= 0.3 is 5.97 Å². The van der Waals surface area contributed by atoms with Gasteiger partial charge in [0.25, 0.3) is 0 Å². The maximum atomic E-state index is 11.2. The molecule has 1 N–H and O–H groups in total. The molecule has 0 saturated heterocycles. The average molecular weight is 232 g/mol. The van der Waals surface area contributed by atoms with Crippen LogP contribution in [0.15, 0.2) is 24.3 Å². The van der Waals surface area contributed by atoms with Crippen LogP contribution < -0.4 is 0 Å². The lowest BCUT2D eigenvalue weighted by atomic mass is 10.1. The fraction of sp³-hybridized carbons (Fsp3) is 0.357. The normalized spacial score (nSPS) is 9.29. The van der Waals surface area contributed by atoms with Gasteiger partial charge in [0.15, 0.2) is 0 Å². The van der Waals surface area contributed by atoms with Gasteiger partial charge in [-0.1, -0.05) is 11.8 Å². The molecule has 1 aromatic rings. The van der Waals surface area contributed by atoms with E-state index in [-0.39, 0.29) is 12.6 Å². The minimum absolute atomic E-state index is 0.218. The fourth-order valence-corrected chi connectivity index (χ4v) is 1.30. The quantitative estimate of drug-likeness (QED) is 0.490. The Bertz CT molecular complexity index is 409. The molecule has 1 rings (SSSR count). The molecule has 3 heteroatoms. The van der Waals surface area contributed by atoms with E-state index >= 15 is 0 Å². The Kier molecular flexibility index (Phi) is 5.84. The first kappa shape index (κ1) is 13.3. The van der Waals surface area contributed by atoms with Crippen LogP contribution in [0.1, 0.15) is 35.2 Å². The van der Waals surface area contributed by atoms with Gasteiger partial charge in [-0.3, -0.25) is 0 Å². The Morgan fingerprint density at radius 1 is 1.29 bits per heavy atom. The van der Waals surface area contributed by atoms with Gasteiger partial charge in [0.2, 0.25) is 0 Å². The van der Waals surface area contributed by atoms with Gasteiger partial charge in [0.1, 0.15) is 0 Å². The Morgan fingerprint density at radius 3 is 2.59 bits per heavy atom. The molecule has 0 spiro atoms. The van der Waals surface area contributed by atoms with Crippen molar-refractivity contribution in [2.24, 2.45) is 0 Å². The highest BCUT2D eigenvalue weighted by Crippen LogP contribution is 2.04. The van der Waals surface area contributed by atoms with Crippen LogP contribution in [0.25, 0.3) is 0 Å². The summed E-state index contributed by atoms with van der Waals surface area (Å²) >= 11 is 0. The maximum absolute atomic E-state index is 11.2. The number of carbonyl (C=O) groups is 1. The molecule has 0 bridgehead atoms. The molecule has 0 unspecified atom stereocenters. The largest absolute Gasteiger partial charge is 0.465 e. The van der Waals surface area contributed by atoms with Crippen molar-refractivity contribution >= 4 is 5.97 Å². The van der Waals surface area contributed by atoms with E-state index in [0.29, 0.717) is 5.56 Å². The van der Waals surface area contributed by atoms with E-state index in [0.717, 1.165) is 24.8 Å². The third kappa shape index (κ3) is 4.71. The minimum Gasteiger partial charge on any atom is -0.465 e. The van der Waals surface area contributed by atoms with Crippen LogP contribution in [0.4, 0.5) is 0 Å². The van der Waals surface area contributed by atoms with Crippen LogP contribution >= 0.6 is 0 Å². The summed E-state index contributed by atoms with van der Waals surface area (Å²) in [5.74, 6) is 5.69. The zero-order chi connectivity index (χ0) is 12.5. The number of hydrogen-bond acceptors (Lipinski definition) is 3. The van der Waals surface area contributed by atoms with Gasteiger partial charge in [-0.05, 0) is 37.1 Å². The van der Waals surface area contributed by atoms with Gasteiger partial charge in [-0.2, -0.15) is 0 Å². The predicted octanol–water partition coefficient (Wildman–Crippen LogP) is 1.99. The molecule has 0 aliphatic heterocycles. The highest BCUT2D eigenvalue weighted by Gasteiger charge is 2.02. The molecular weight excluding hydrogens is 216 g/mol. The Morgan fingerprint density at radius 2 is 2.00 bits per heavy atom. The summed E-state index contributed by atoms with van der Waals surface area (Å²) in [6.45, 7) is 0.218. The van der Waals surface area contributed by atoms with Crippen molar-refractivity contribution in [3.63, 3.8) is 0 Å². The Balaban J connectivity index is 2.53. The molecule has 0 heterocycles. The highest BCUT2D eigenvalue weighted by molar-refractivity contribution is 5.89. The lowest BCUT2D eigenvalue weighted by Gasteiger charge is -1.98. The summed E-state index contributed by atoms with van der Waals surface area (Å²) in [4.78, 5) is 11.2. The SMILES string of the molecule is COC(=O)c1ccc(C#CCCCCO)cc1. The third-order valence-electron chi connectivity index (χ3n) is 2.25. The summed E-state index contributed by atoms with van der Waals surface area (Å²) in [5.41, 5.74) is 1.40. The van der Waals surface area contributed by atoms with Crippen LogP contribution in [0.3, 0.4) is 0 Å². The number of esters is 1. The molecule has 0 amide bonds. The number of unbranched alkanes of at least 4 members (excludes halogenated alkanes) is 2. The molecule has 17 heavy (non-hydrogen) atoms. The van der Waals surface area contributed by atoms with Gasteiger partial charge in [-0.25, -0.2) is 4.79 Å². The summed E-state index contributed by atoms with van der Waals surface area (Å²) in [6.07, 6.45) is 2.47. The molecule has 0 aliphatic carbocycles. The van der Waals surface area contributed by atoms with Crippen molar-refractivity contribution in [1.82, 2.24) is 0 Å². The van der Waals surface area contributed by atoms with Gasteiger partial charge in [0, 0.05) is 18.6 Å². The summed E-state index contributed by atoms with van der Waals surface area (Å²) < 4.78 is 4.60. The molecule has 90 valence electrons. The summed E-state index contributed by atoms with van der Waals surface area (Å²) in [5, 5.41) is 8.60. The first-order chi connectivity index (χ1) is 8.27. The standard InChI is InChI=1S/C14H16O3/c1-17-14(16)13-9-7-12(8-10-13)6-4-2-3-5-11-15/h7-10,15H,2-3,5,11H2,1H3. The van der Waals surface area contributed by atoms with E-state index in [1.807, 2.05) is 0 Å². The number of rotatable bonds is 4. The topological polar surface area (TPSA) is 46.5 Å². The van der Waals surface area contributed by atoms with Crippen molar-refractivity contribution < 1.29 is 14.6 Å². The number of hydrogen-bond donors (Lipinski definition) is 1. The number of aliphatic hydroxyl groups excluding tert-OH is 1. The van der Waals surface area contributed by atoms with Crippen molar-refractivity contribution in [3.05, 3.63) is 35.4 Å².